The van der Waals surface area contributed by atoms with E-state index < -0.39 is 47.9 Å². The summed E-state index contributed by atoms with van der Waals surface area (Å²) < 4.78 is 52.3. The molecule has 1 aliphatic rings. The number of carboxylic acid groups (broad SMARTS) is 1. The molecular weight excluding hydrogens is 560 g/mol. The molecular formula is C28H24F4N6O4. The normalized spacial score (nSPS) is 14.5. The third-order valence-electron chi connectivity index (χ3n) is 6.09. The van der Waals surface area contributed by atoms with Gasteiger partial charge in [-0.3, -0.25) is 19.3 Å². The number of para-hydroxylation sites is 1. The number of anilines is 1. The third-order valence-corrected chi connectivity index (χ3v) is 6.09. The predicted octanol–water partition coefficient (Wildman–Crippen LogP) is 3.84. The van der Waals surface area contributed by atoms with Crippen LogP contribution in [-0.4, -0.2) is 55.2 Å². The number of fused-ring (bicyclic) bond motifs is 1. The number of hydrogen-bond donors (Lipinski definition) is 2. The Kier molecular flexibility index (Phi) is 8.93. The molecule has 0 aliphatic carbocycles. The molecule has 5 rings (SSSR count). The lowest BCUT2D eigenvalue weighted by Crippen LogP contribution is -2.53. The molecule has 0 saturated carbocycles. The number of nitrogens with zero attached hydrogens (tertiary/aromatic N) is 5. The number of carbonyl (C=O) groups is 3. The summed E-state index contributed by atoms with van der Waals surface area (Å²) in [7, 11) is 0. The number of halogens is 4. The van der Waals surface area contributed by atoms with Gasteiger partial charge in [0.2, 0.25) is 5.82 Å². The van der Waals surface area contributed by atoms with Crippen LogP contribution in [0.1, 0.15) is 34.5 Å². The second-order valence-electron chi connectivity index (χ2n) is 8.94. The van der Waals surface area contributed by atoms with E-state index in [1.807, 2.05) is 0 Å². The molecule has 14 heteroatoms. The second kappa shape index (κ2) is 12.6. The number of carboxylic acids is 1. The van der Waals surface area contributed by atoms with Crippen LogP contribution < -0.4 is 10.2 Å². The van der Waals surface area contributed by atoms with Crippen LogP contribution >= 0.6 is 0 Å². The maximum atomic E-state index is 13.3. The van der Waals surface area contributed by atoms with Gasteiger partial charge < -0.3 is 10.4 Å². The van der Waals surface area contributed by atoms with E-state index in [9.17, 15) is 37.1 Å². The summed E-state index contributed by atoms with van der Waals surface area (Å²) in [4.78, 5) is 45.6. The van der Waals surface area contributed by atoms with Crippen LogP contribution in [0.15, 0.2) is 72.9 Å². The molecule has 2 aromatic carbocycles. The molecule has 218 valence electrons. The van der Waals surface area contributed by atoms with Crippen molar-refractivity contribution in [3.8, 4) is 5.69 Å². The number of aliphatic carboxylic acids is 1. The molecule has 3 heterocycles. The van der Waals surface area contributed by atoms with E-state index in [0.29, 0.717) is 23.1 Å². The number of aromatic nitrogens is 4. The molecule has 4 aromatic rings. The summed E-state index contributed by atoms with van der Waals surface area (Å²) in [6.07, 6.45) is -4.50. The Hall–Kier alpha value is -5.14. The van der Waals surface area contributed by atoms with Gasteiger partial charge in [0.15, 0.2) is 0 Å². The van der Waals surface area contributed by atoms with Crippen molar-refractivity contribution in [2.24, 2.45) is 0 Å². The largest absolute Gasteiger partial charge is 0.481 e. The van der Waals surface area contributed by atoms with Crippen LogP contribution in [-0.2, 0) is 28.6 Å². The Labute approximate surface area is 236 Å². The number of rotatable bonds is 6. The Balaban J connectivity index is 0.000000507. The minimum atomic E-state index is -4.77. The average molecular weight is 585 g/mol. The Bertz CT molecular complexity index is 1580. The first-order chi connectivity index (χ1) is 20.0. The molecule has 1 atom stereocenters. The maximum Gasteiger partial charge on any atom is 0.433 e. The van der Waals surface area contributed by atoms with Gasteiger partial charge in [-0.1, -0.05) is 36.4 Å². The highest BCUT2D eigenvalue weighted by Gasteiger charge is 2.39. The van der Waals surface area contributed by atoms with Crippen molar-refractivity contribution in [3.63, 3.8) is 0 Å². The van der Waals surface area contributed by atoms with Crippen molar-refractivity contribution >= 4 is 23.6 Å². The van der Waals surface area contributed by atoms with Gasteiger partial charge in [-0.2, -0.15) is 18.3 Å². The van der Waals surface area contributed by atoms with Gasteiger partial charge in [-0.25, -0.2) is 19.0 Å². The van der Waals surface area contributed by atoms with E-state index in [4.69, 9.17) is 0 Å². The smallest absolute Gasteiger partial charge is 0.433 e. The quantitative estimate of drug-likeness (QED) is 0.330. The molecule has 0 radical (unpaired) electrons. The summed E-state index contributed by atoms with van der Waals surface area (Å²) in [5.74, 6) is -3.28. The minimum Gasteiger partial charge on any atom is -0.481 e. The summed E-state index contributed by atoms with van der Waals surface area (Å²) in [6, 6.07) is 16.2. The number of hydrogen-bond acceptors (Lipinski definition) is 6. The number of nitrogens with one attached hydrogen (secondary N) is 1. The predicted molar refractivity (Wildman–Crippen MR) is 141 cm³/mol. The first-order valence-electron chi connectivity index (χ1n) is 12.6. The van der Waals surface area contributed by atoms with Crippen LogP contribution in [0.2, 0.25) is 0 Å². The van der Waals surface area contributed by atoms with Crippen molar-refractivity contribution < 1.29 is 37.1 Å². The van der Waals surface area contributed by atoms with E-state index in [0.717, 1.165) is 6.20 Å². The van der Waals surface area contributed by atoms with E-state index in [1.165, 1.54) is 21.7 Å². The van der Waals surface area contributed by atoms with Crippen molar-refractivity contribution in [1.82, 2.24) is 25.1 Å². The van der Waals surface area contributed by atoms with Crippen LogP contribution in [0.4, 0.5) is 23.4 Å². The molecule has 2 N–H and O–H groups in total. The molecule has 0 saturated heterocycles. The highest BCUT2D eigenvalue weighted by molar-refractivity contribution is 6.03. The zero-order valence-electron chi connectivity index (χ0n) is 22.0. The molecule has 2 amide bonds. The molecule has 42 heavy (non-hydrogen) atoms. The number of carbonyl (C=O) groups excluding carboxylic acids is 2. The van der Waals surface area contributed by atoms with Crippen molar-refractivity contribution in [1.29, 1.82) is 0 Å². The fraction of sp³-hybridized carbons (Fsp3) is 0.214. The van der Waals surface area contributed by atoms with E-state index in [-0.39, 0.29) is 24.5 Å². The van der Waals surface area contributed by atoms with Crippen LogP contribution in [0.5, 0.6) is 0 Å². The lowest BCUT2D eigenvalue weighted by molar-refractivity contribution is -0.141. The topological polar surface area (TPSA) is 130 Å². The fourth-order valence-electron chi connectivity index (χ4n) is 4.27. The summed E-state index contributed by atoms with van der Waals surface area (Å²) in [5, 5.41) is 16.2. The van der Waals surface area contributed by atoms with Crippen LogP contribution in [0, 0.1) is 5.82 Å². The lowest BCUT2D eigenvalue weighted by Gasteiger charge is -2.32. The number of amides is 2. The summed E-state index contributed by atoms with van der Waals surface area (Å²) in [6.45, 7) is 1.87. The van der Waals surface area contributed by atoms with Crippen molar-refractivity contribution in [3.05, 3.63) is 102 Å². The molecule has 0 bridgehead atoms. The SMILES string of the molecule is CCN1C(=O)C(NC(=O)c2nccc(C(F)(F)F)n2)Cc2c(CC(=O)O)nn(-c3ccccc3)c21.Fc1ccccc1. The van der Waals surface area contributed by atoms with Gasteiger partial charge in [-0.05, 0) is 37.3 Å². The zero-order chi connectivity index (χ0) is 30.4. The highest BCUT2D eigenvalue weighted by Crippen LogP contribution is 2.33. The first-order valence-corrected chi connectivity index (χ1v) is 12.6. The molecule has 1 unspecified atom stereocenters. The van der Waals surface area contributed by atoms with E-state index in [2.05, 4.69) is 20.4 Å². The molecule has 0 spiro atoms. The van der Waals surface area contributed by atoms with Gasteiger partial charge in [0, 0.05) is 24.7 Å². The van der Waals surface area contributed by atoms with E-state index >= 15 is 0 Å². The number of benzene rings is 2. The van der Waals surface area contributed by atoms with Gasteiger partial charge in [-0.15, -0.1) is 0 Å². The Morgan fingerprint density at radius 2 is 1.69 bits per heavy atom. The molecule has 0 fully saturated rings. The van der Waals surface area contributed by atoms with Crippen molar-refractivity contribution in [2.75, 3.05) is 11.4 Å². The fourth-order valence-corrected chi connectivity index (χ4v) is 4.27. The standard InChI is InChI=1S/C22H19F3N6O4.C6H5F/c1-2-30-20-13(14(11-17(32)33)29-31(20)12-6-4-3-5-7-12)10-15(21(30)35)27-19(34)18-26-9-8-16(28-18)22(23,24)25;7-6-4-2-1-3-5-6/h3-9,15H,2,10-11H2,1H3,(H,27,34)(H,32,33);1-5H. The molecule has 1 aliphatic heterocycles. The lowest BCUT2D eigenvalue weighted by atomic mass is 9.98. The Morgan fingerprint density at radius 3 is 2.24 bits per heavy atom. The van der Waals surface area contributed by atoms with Crippen LogP contribution in [0.3, 0.4) is 0 Å². The van der Waals surface area contributed by atoms with Crippen molar-refractivity contribution in [2.45, 2.75) is 32.0 Å². The monoisotopic (exact) mass is 584 g/mol. The van der Waals surface area contributed by atoms with Gasteiger partial charge >= 0.3 is 12.1 Å². The minimum absolute atomic E-state index is 0.106. The molecule has 2 aromatic heterocycles. The van der Waals surface area contributed by atoms with E-state index in [1.54, 1.807) is 55.5 Å². The second-order valence-corrected chi connectivity index (χ2v) is 8.94. The van der Waals surface area contributed by atoms with Gasteiger partial charge in [0.25, 0.3) is 11.8 Å². The Morgan fingerprint density at radius 1 is 1.05 bits per heavy atom. The zero-order valence-corrected chi connectivity index (χ0v) is 22.0. The number of likely N-dealkylation sites (N-methyl/N-ethyl adjacent to an activating group) is 1. The average Bonchev–Trinajstić information content (AvgIpc) is 3.31. The molecule has 10 nitrogen and oxygen atoms in total. The van der Waals surface area contributed by atoms with Crippen LogP contribution in [0.25, 0.3) is 5.69 Å². The summed E-state index contributed by atoms with van der Waals surface area (Å²) >= 11 is 0. The number of alkyl halides is 3. The van der Waals surface area contributed by atoms with Gasteiger partial charge in [0.1, 0.15) is 23.4 Å². The maximum absolute atomic E-state index is 13.3. The third kappa shape index (κ3) is 6.77. The first kappa shape index (κ1) is 29.8. The highest BCUT2D eigenvalue weighted by atomic mass is 19.4. The summed E-state index contributed by atoms with van der Waals surface area (Å²) in [5.41, 5.74) is -0.0469. The van der Waals surface area contributed by atoms with Gasteiger partial charge in [0.05, 0.1) is 17.8 Å².